The number of hydrogen-bond acceptors (Lipinski definition) is 19. The van der Waals surface area contributed by atoms with E-state index in [1.54, 1.807) is 41.5 Å². The van der Waals surface area contributed by atoms with Gasteiger partial charge in [0.25, 0.3) is 0 Å². The van der Waals surface area contributed by atoms with Gasteiger partial charge in [-0.2, -0.15) is 0 Å². The quantitative estimate of drug-likeness (QED) is 0.0870. The first-order valence-corrected chi connectivity index (χ1v) is 24.4. The molecule has 1 saturated heterocycles. The molecule has 3 aliphatic rings. The number of carbonyl (C=O) groups is 8. The first kappa shape index (κ1) is 53.6. The van der Waals surface area contributed by atoms with E-state index < -0.39 is 92.0 Å². The van der Waals surface area contributed by atoms with Crippen molar-refractivity contribution >= 4 is 81.0 Å². The minimum absolute atomic E-state index is 0.163. The van der Waals surface area contributed by atoms with Crippen molar-refractivity contribution in [3.63, 3.8) is 0 Å². The molecule has 0 saturated carbocycles. The fourth-order valence-corrected chi connectivity index (χ4v) is 9.62. The monoisotopic (exact) mass is 1020 g/mol. The highest BCUT2D eigenvalue weighted by atomic mass is 16.6. The summed E-state index contributed by atoms with van der Waals surface area (Å²) in [5.74, 6) is -8.08. The van der Waals surface area contributed by atoms with E-state index in [0.717, 1.165) is 5.56 Å². The molecular formula is C53H57N5O16. The number of carbonyl (C=O) groups excluding carboxylic acids is 8. The van der Waals surface area contributed by atoms with Crippen LogP contribution in [0.5, 0.6) is 0 Å². The number of aromatic nitrogens is 4. The zero-order chi connectivity index (χ0) is 53.5. The lowest BCUT2D eigenvalue weighted by Crippen LogP contribution is -2.56. The van der Waals surface area contributed by atoms with E-state index in [2.05, 4.69) is 9.97 Å². The first-order valence-electron chi connectivity index (χ1n) is 24.4. The van der Waals surface area contributed by atoms with Crippen LogP contribution in [-0.4, -0.2) is 139 Å². The highest BCUT2D eigenvalue weighted by Gasteiger charge is 2.73. The van der Waals surface area contributed by atoms with E-state index >= 15 is 9.59 Å². The van der Waals surface area contributed by atoms with Crippen LogP contribution in [0.25, 0.3) is 33.2 Å². The Kier molecular flexibility index (Phi) is 16.4. The van der Waals surface area contributed by atoms with E-state index in [1.165, 1.54) is 38.1 Å². The summed E-state index contributed by atoms with van der Waals surface area (Å²) in [4.78, 5) is 134. The second kappa shape index (κ2) is 22.7. The van der Waals surface area contributed by atoms with Gasteiger partial charge in [-0.25, -0.2) is 33.8 Å². The number of fused-ring (bicyclic) bond motifs is 11. The predicted octanol–water partition coefficient (Wildman–Crippen LogP) is 5.88. The highest BCUT2D eigenvalue weighted by molar-refractivity contribution is 6.38. The molecule has 0 spiro atoms. The minimum atomic E-state index is -2.13. The van der Waals surface area contributed by atoms with Gasteiger partial charge in [0.05, 0.1) is 120 Å². The van der Waals surface area contributed by atoms with Crippen LogP contribution >= 0.6 is 0 Å². The highest BCUT2D eigenvalue weighted by Crippen LogP contribution is 2.55. The number of H-pyrrole nitrogens is 2. The lowest BCUT2D eigenvalue weighted by Gasteiger charge is -2.35. The fourth-order valence-electron chi connectivity index (χ4n) is 9.62. The van der Waals surface area contributed by atoms with Gasteiger partial charge in [-0.3, -0.25) is 19.5 Å². The number of likely N-dealkylation sites (tertiary alicyclic amines) is 1. The summed E-state index contributed by atoms with van der Waals surface area (Å²) in [6, 6.07) is 14.3. The Bertz CT molecular complexity index is 2940. The molecule has 0 aliphatic carbocycles. The van der Waals surface area contributed by atoms with Crippen molar-refractivity contribution in [2.45, 2.75) is 72.8 Å². The number of aromatic amines is 2. The van der Waals surface area contributed by atoms with Crippen LogP contribution < -0.4 is 0 Å². The summed E-state index contributed by atoms with van der Waals surface area (Å²) < 4.78 is 44.9. The molecular weight excluding hydrogens is 963 g/mol. The maximum atomic E-state index is 15.3. The molecule has 0 unspecified atom stereocenters. The maximum absolute atomic E-state index is 15.3. The number of nitrogens with zero attached hydrogens (tertiary/aromatic N) is 3. The molecule has 6 heterocycles. The van der Waals surface area contributed by atoms with Gasteiger partial charge in [0, 0.05) is 19.6 Å². The molecule has 1 aromatic carbocycles. The molecule has 8 bridgehead atoms. The molecule has 0 amide bonds. The third kappa shape index (κ3) is 9.49. The molecule has 1 fully saturated rings. The Hall–Kier alpha value is -8.20. The van der Waals surface area contributed by atoms with Crippen molar-refractivity contribution in [2.24, 2.45) is 0 Å². The fraction of sp³-hybridized carbons (Fsp3) is 0.396. The summed E-state index contributed by atoms with van der Waals surface area (Å²) in [6.45, 7) is 10.8. The minimum Gasteiger partial charge on any atom is -0.465 e. The topological polar surface area (TPSA) is 271 Å². The molecule has 74 heavy (non-hydrogen) atoms. The van der Waals surface area contributed by atoms with Gasteiger partial charge in [0.2, 0.25) is 0 Å². The molecule has 2 N–H and O–H groups in total. The molecule has 7 rings (SSSR count). The average Bonchev–Trinajstić information content (AvgIpc) is 4.15. The Balaban J connectivity index is 1.82. The maximum Gasteiger partial charge on any atom is 0.341 e. The Labute approximate surface area is 424 Å². The average molecular weight is 1020 g/mol. The molecule has 3 aliphatic heterocycles. The molecule has 0 radical (unpaired) electrons. The molecule has 4 aromatic rings. The normalized spacial score (nSPS) is 16.9. The van der Waals surface area contributed by atoms with Gasteiger partial charge in [0.15, 0.2) is 0 Å². The van der Waals surface area contributed by atoms with Crippen molar-refractivity contribution in [1.29, 1.82) is 0 Å². The SMILES string of the molecule is CCOC(=O)C1=C(C(=O)OCC)c2cc3[nH]c(cc4nc(cc5[nH]c(cc1n2)c(C(=O)OCC)c5C(=O)OCC)[C@@]1(C(=O)OCC)CN(Cc2ccccc2)C[C@@]41C(=O)OCC)c(C(=O)OCC)c3C(=O)OCC. The third-order valence-electron chi connectivity index (χ3n) is 12.4. The summed E-state index contributed by atoms with van der Waals surface area (Å²) in [6.07, 6.45) is 0. The van der Waals surface area contributed by atoms with E-state index in [1.807, 2.05) is 35.2 Å². The van der Waals surface area contributed by atoms with Gasteiger partial charge in [-0.1, -0.05) is 30.3 Å². The smallest absolute Gasteiger partial charge is 0.341 e. The molecule has 390 valence electrons. The van der Waals surface area contributed by atoms with E-state index in [9.17, 15) is 28.8 Å². The Morgan fingerprint density at radius 2 is 0.770 bits per heavy atom. The van der Waals surface area contributed by atoms with Crippen LogP contribution in [-0.2, 0) is 74.4 Å². The van der Waals surface area contributed by atoms with Crippen molar-refractivity contribution in [3.8, 4) is 0 Å². The van der Waals surface area contributed by atoms with Crippen LogP contribution in [0, 0.1) is 0 Å². The molecule has 21 nitrogen and oxygen atoms in total. The van der Waals surface area contributed by atoms with Gasteiger partial charge >= 0.3 is 47.8 Å². The number of ether oxygens (including phenoxy) is 8. The number of nitrogens with one attached hydrogen (secondary N) is 2. The molecule has 2 atom stereocenters. The van der Waals surface area contributed by atoms with Crippen molar-refractivity contribution in [3.05, 3.63) is 105 Å². The summed E-state index contributed by atoms with van der Waals surface area (Å²) >= 11 is 0. The Morgan fingerprint density at radius 3 is 1.11 bits per heavy atom. The summed E-state index contributed by atoms with van der Waals surface area (Å²) in [5, 5.41) is 0. The van der Waals surface area contributed by atoms with Crippen molar-refractivity contribution < 1.29 is 76.3 Å². The van der Waals surface area contributed by atoms with Gasteiger partial charge < -0.3 is 47.9 Å². The zero-order valence-corrected chi connectivity index (χ0v) is 42.3. The Morgan fingerprint density at radius 1 is 0.446 bits per heavy atom. The summed E-state index contributed by atoms with van der Waals surface area (Å²) in [5.41, 5.74) is -7.68. The van der Waals surface area contributed by atoms with Crippen LogP contribution in [0.15, 0.2) is 54.6 Å². The van der Waals surface area contributed by atoms with E-state index in [4.69, 9.17) is 47.9 Å². The van der Waals surface area contributed by atoms with E-state index in [-0.39, 0.29) is 117 Å². The van der Waals surface area contributed by atoms with Gasteiger partial charge in [-0.15, -0.1) is 0 Å². The van der Waals surface area contributed by atoms with E-state index in [0.29, 0.717) is 0 Å². The third-order valence-corrected chi connectivity index (χ3v) is 12.4. The number of benzene rings is 1. The van der Waals surface area contributed by atoms with Crippen molar-refractivity contribution in [2.75, 3.05) is 65.9 Å². The number of esters is 8. The molecule has 3 aromatic heterocycles. The van der Waals surface area contributed by atoms with Crippen LogP contribution in [0.4, 0.5) is 0 Å². The lowest BCUT2D eigenvalue weighted by atomic mass is 9.63. The standard InChI is InChI=1S/C53H57N5O16/c1-9-67-44(59)38-30-22-32-40(46(61)69-11-3)42(48(63)71-13-5)34(55-32)24-36-52(50(65)73-15-7)27-58(26-29-20-18-17-19-21-29)28-53(52,51(66)74-16-8)37(57-36)25-35-43(49(64)72-14-6)41(47(62)70-12-4)33(56-35)23-31(54-30)39(38)45(60)68-10-2/h17-25,55-56H,9-16,26-28H2,1-8H3/t52-,53+. The predicted molar refractivity (Wildman–Crippen MR) is 263 cm³/mol. The van der Waals surface area contributed by atoms with Gasteiger partial charge in [0.1, 0.15) is 22.0 Å². The first-order chi connectivity index (χ1) is 35.6. The lowest BCUT2D eigenvalue weighted by molar-refractivity contribution is -0.162. The van der Waals surface area contributed by atoms with Crippen LogP contribution in [0.1, 0.15) is 125 Å². The molecule has 21 heteroatoms. The largest absolute Gasteiger partial charge is 0.465 e. The van der Waals surface area contributed by atoms with Crippen LogP contribution in [0.2, 0.25) is 0 Å². The summed E-state index contributed by atoms with van der Waals surface area (Å²) in [7, 11) is 0. The van der Waals surface area contributed by atoms with Gasteiger partial charge in [-0.05, 0) is 85.2 Å². The van der Waals surface area contributed by atoms with Crippen molar-refractivity contribution in [1.82, 2.24) is 24.8 Å². The number of hydrogen-bond donors (Lipinski definition) is 2. The number of rotatable bonds is 18. The van der Waals surface area contributed by atoms with Crippen LogP contribution in [0.3, 0.4) is 0 Å². The second-order valence-electron chi connectivity index (χ2n) is 16.7. The zero-order valence-electron chi connectivity index (χ0n) is 42.3. The second-order valence-corrected chi connectivity index (χ2v) is 16.7.